The normalized spacial score (nSPS) is 17.3. The fraction of sp³-hybridized carbons (Fsp3) is 0.579. The van der Waals surface area contributed by atoms with Gasteiger partial charge in [0.1, 0.15) is 6.61 Å². The molecule has 1 aliphatic rings. The second-order valence-electron chi connectivity index (χ2n) is 6.71. The molecular weight excluding hydrogens is 322 g/mol. The van der Waals surface area contributed by atoms with Gasteiger partial charge >= 0.3 is 11.9 Å². The molecule has 0 heterocycles. The second-order valence-corrected chi connectivity index (χ2v) is 6.71. The fourth-order valence-corrected chi connectivity index (χ4v) is 3.17. The van der Waals surface area contributed by atoms with Gasteiger partial charge in [-0.15, -0.1) is 0 Å². The van der Waals surface area contributed by atoms with Crippen LogP contribution >= 0.6 is 0 Å². The molecule has 6 heteroatoms. The molecule has 0 aromatic heterocycles. The first-order valence-electron chi connectivity index (χ1n) is 8.70. The minimum Gasteiger partial charge on any atom is -0.462 e. The largest absolute Gasteiger partial charge is 0.462 e. The second kappa shape index (κ2) is 8.97. The van der Waals surface area contributed by atoms with Crippen LogP contribution in [0.5, 0.6) is 0 Å². The number of esters is 2. The Balaban J connectivity index is 2.00. The number of carbonyl (C=O) groups excluding carboxylic acids is 2. The van der Waals surface area contributed by atoms with Crippen molar-refractivity contribution in [3.05, 3.63) is 35.9 Å². The zero-order chi connectivity index (χ0) is 18.3. The van der Waals surface area contributed by atoms with Gasteiger partial charge in [0.2, 0.25) is 0 Å². The van der Waals surface area contributed by atoms with E-state index < -0.39 is 24.1 Å². The molecule has 0 aliphatic heterocycles. The van der Waals surface area contributed by atoms with Gasteiger partial charge in [-0.2, -0.15) is 0 Å². The molecule has 1 fully saturated rings. The average Bonchev–Trinajstić information content (AvgIpc) is 3.14. The summed E-state index contributed by atoms with van der Waals surface area (Å²) >= 11 is 0. The summed E-state index contributed by atoms with van der Waals surface area (Å²) in [6.07, 6.45) is 3.46. The van der Waals surface area contributed by atoms with E-state index in [9.17, 15) is 14.7 Å². The maximum absolute atomic E-state index is 12.7. The Labute approximate surface area is 148 Å². The smallest absolute Gasteiger partial charge is 0.344 e. The molecule has 0 radical (unpaired) electrons. The van der Waals surface area contributed by atoms with Gasteiger partial charge in [0.15, 0.2) is 12.2 Å². The number of carbonyl (C=O) groups is 2. The number of aliphatic hydroxyl groups is 1. The van der Waals surface area contributed by atoms with Gasteiger partial charge in [-0.1, -0.05) is 43.2 Å². The topological polar surface area (TPSA) is 76.1 Å². The first kappa shape index (κ1) is 19.4. The number of likely N-dealkylation sites (N-methyl/N-ethyl adjacent to an activating group) is 1. The highest BCUT2D eigenvalue weighted by Gasteiger charge is 2.47. The van der Waals surface area contributed by atoms with E-state index in [0.29, 0.717) is 12.1 Å². The number of rotatable bonds is 8. The van der Waals surface area contributed by atoms with Crippen molar-refractivity contribution in [2.24, 2.45) is 5.92 Å². The minimum absolute atomic E-state index is 0.202. The number of benzene rings is 1. The van der Waals surface area contributed by atoms with Crippen molar-refractivity contribution < 1.29 is 24.2 Å². The lowest BCUT2D eigenvalue weighted by molar-refractivity contribution is -0.179. The van der Waals surface area contributed by atoms with E-state index >= 15 is 0 Å². The molecule has 1 aromatic rings. The van der Waals surface area contributed by atoms with Crippen LogP contribution in [0.4, 0.5) is 0 Å². The third-order valence-corrected chi connectivity index (χ3v) is 4.59. The van der Waals surface area contributed by atoms with Crippen molar-refractivity contribution in [2.45, 2.75) is 31.3 Å². The Morgan fingerprint density at radius 1 is 1.16 bits per heavy atom. The SMILES string of the molecule is CN(C)CCOC(=O)COC(=O)C(O)(c1ccccc1)C1CCCC1. The summed E-state index contributed by atoms with van der Waals surface area (Å²) < 4.78 is 10.1. The molecular formula is C19H27NO5. The highest BCUT2D eigenvalue weighted by atomic mass is 16.6. The van der Waals surface area contributed by atoms with Crippen molar-refractivity contribution in [3.63, 3.8) is 0 Å². The summed E-state index contributed by atoms with van der Waals surface area (Å²) in [5.74, 6) is -1.60. The van der Waals surface area contributed by atoms with E-state index in [4.69, 9.17) is 9.47 Å². The number of ether oxygens (including phenoxy) is 2. The van der Waals surface area contributed by atoms with Crippen LogP contribution in [0.25, 0.3) is 0 Å². The number of nitrogens with zero attached hydrogens (tertiary/aromatic N) is 1. The predicted molar refractivity (Wildman–Crippen MR) is 92.8 cm³/mol. The van der Waals surface area contributed by atoms with Crippen LogP contribution in [0.2, 0.25) is 0 Å². The highest BCUT2D eigenvalue weighted by molar-refractivity contribution is 5.84. The molecule has 2 rings (SSSR count). The van der Waals surface area contributed by atoms with E-state index in [1.807, 2.05) is 25.1 Å². The summed E-state index contributed by atoms with van der Waals surface area (Å²) in [5.41, 5.74) is -1.21. The van der Waals surface area contributed by atoms with E-state index in [1.54, 1.807) is 24.3 Å². The van der Waals surface area contributed by atoms with Gasteiger partial charge in [0, 0.05) is 12.5 Å². The lowest BCUT2D eigenvalue weighted by atomic mass is 9.80. The number of hydrogen-bond donors (Lipinski definition) is 1. The predicted octanol–water partition coefficient (Wildman–Crippen LogP) is 1.71. The van der Waals surface area contributed by atoms with Crippen molar-refractivity contribution in [3.8, 4) is 0 Å². The quantitative estimate of drug-likeness (QED) is 0.720. The Hall–Kier alpha value is -1.92. The van der Waals surface area contributed by atoms with Crippen molar-refractivity contribution in [1.82, 2.24) is 4.90 Å². The van der Waals surface area contributed by atoms with E-state index in [2.05, 4.69) is 0 Å². The third-order valence-electron chi connectivity index (χ3n) is 4.59. The van der Waals surface area contributed by atoms with Crippen LogP contribution in [0.15, 0.2) is 30.3 Å². The summed E-state index contributed by atoms with van der Waals surface area (Å²) in [4.78, 5) is 26.2. The zero-order valence-electron chi connectivity index (χ0n) is 14.9. The van der Waals surface area contributed by atoms with Crippen LogP contribution in [0, 0.1) is 5.92 Å². The molecule has 6 nitrogen and oxygen atoms in total. The van der Waals surface area contributed by atoms with Crippen LogP contribution in [0.1, 0.15) is 31.2 Å². The number of hydrogen-bond acceptors (Lipinski definition) is 6. The molecule has 0 saturated heterocycles. The first-order chi connectivity index (χ1) is 11.9. The molecule has 138 valence electrons. The Kier molecular flexibility index (Phi) is 6.96. The van der Waals surface area contributed by atoms with E-state index in [1.165, 1.54) is 0 Å². The fourth-order valence-electron chi connectivity index (χ4n) is 3.17. The molecule has 1 aliphatic carbocycles. The highest BCUT2D eigenvalue weighted by Crippen LogP contribution is 2.41. The molecule has 1 aromatic carbocycles. The molecule has 25 heavy (non-hydrogen) atoms. The van der Waals surface area contributed by atoms with Crippen LogP contribution in [-0.4, -0.2) is 55.8 Å². The van der Waals surface area contributed by atoms with Crippen molar-refractivity contribution in [1.29, 1.82) is 0 Å². The van der Waals surface area contributed by atoms with Gasteiger partial charge in [-0.25, -0.2) is 9.59 Å². The summed E-state index contributed by atoms with van der Waals surface area (Å²) in [5, 5.41) is 11.2. The average molecular weight is 349 g/mol. The lowest BCUT2D eigenvalue weighted by Crippen LogP contribution is -2.44. The first-order valence-corrected chi connectivity index (χ1v) is 8.70. The van der Waals surface area contributed by atoms with Gasteiger partial charge in [-0.05, 0) is 32.5 Å². The monoisotopic (exact) mass is 349 g/mol. The Morgan fingerprint density at radius 3 is 2.40 bits per heavy atom. The van der Waals surface area contributed by atoms with Crippen molar-refractivity contribution in [2.75, 3.05) is 33.9 Å². The Bertz CT molecular complexity index is 568. The summed E-state index contributed by atoms with van der Waals surface area (Å²) in [7, 11) is 3.74. The molecule has 0 spiro atoms. The van der Waals surface area contributed by atoms with E-state index in [-0.39, 0.29) is 12.5 Å². The zero-order valence-corrected chi connectivity index (χ0v) is 14.9. The molecule has 1 saturated carbocycles. The maximum atomic E-state index is 12.7. The maximum Gasteiger partial charge on any atom is 0.344 e. The molecule has 0 amide bonds. The van der Waals surface area contributed by atoms with Crippen LogP contribution in [-0.2, 0) is 24.7 Å². The minimum atomic E-state index is -1.72. The molecule has 0 bridgehead atoms. The third kappa shape index (κ3) is 5.03. The standard InChI is InChI=1S/C19H27NO5/c1-20(2)12-13-24-17(21)14-25-18(22)19(23,16-10-6-7-11-16)15-8-4-3-5-9-15/h3-5,8-9,16,23H,6-7,10-14H2,1-2H3. The van der Waals surface area contributed by atoms with Gasteiger partial charge in [0.25, 0.3) is 0 Å². The van der Waals surface area contributed by atoms with Gasteiger partial charge < -0.3 is 19.5 Å². The van der Waals surface area contributed by atoms with Crippen LogP contribution in [0.3, 0.4) is 0 Å². The van der Waals surface area contributed by atoms with E-state index in [0.717, 1.165) is 25.7 Å². The van der Waals surface area contributed by atoms with Crippen molar-refractivity contribution >= 4 is 11.9 Å². The summed E-state index contributed by atoms with van der Waals surface area (Å²) in [6, 6.07) is 8.81. The molecule has 1 N–H and O–H groups in total. The van der Waals surface area contributed by atoms with Crippen LogP contribution < -0.4 is 0 Å². The van der Waals surface area contributed by atoms with Gasteiger partial charge in [-0.3, -0.25) is 0 Å². The molecule has 1 unspecified atom stereocenters. The molecule has 1 atom stereocenters. The Morgan fingerprint density at radius 2 is 1.80 bits per heavy atom. The van der Waals surface area contributed by atoms with Gasteiger partial charge in [0.05, 0.1) is 0 Å². The summed E-state index contributed by atoms with van der Waals surface area (Å²) in [6.45, 7) is 0.332. The lowest BCUT2D eigenvalue weighted by Gasteiger charge is -2.32.